The van der Waals surface area contributed by atoms with Crippen molar-refractivity contribution in [3.8, 4) is 0 Å². The smallest absolute Gasteiger partial charge is 1.00 e. The van der Waals surface area contributed by atoms with Crippen LogP contribution < -0.4 is 24.8 Å². The first kappa shape index (κ1) is 34.0. The van der Waals surface area contributed by atoms with E-state index in [-0.39, 0.29) is 34.9 Å². The van der Waals surface area contributed by atoms with Crippen LogP contribution in [0.3, 0.4) is 0 Å². The number of rotatable bonds is 6. The summed E-state index contributed by atoms with van der Waals surface area (Å²) < 4.78 is 19.0. The van der Waals surface area contributed by atoms with E-state index in [2.05, 4.69) is 79.9 Å². The molecule has 1 heterocycles. The van der Waals surface area contributed by atoms with Crippen molar-refractivity contribution < 1.29 is 53.9 Å². The summed E-state index contributed by atoms with van der Waals surface area (Å²) in [5.41, 5.74) is 7.04. The van der Waals surface area contributed by atoms with Crippen LogP contribution in [0.25, 0.3) is 0 Å². The van der Waals surface area contributed by atoms with Crippen LogP contribution in [0.4, 0.5) is 0 Å². The molecule has 0 radical (unpaired) electrons. The second kappa shape index (κ2) is 11.5. The van der Waals surface area contributed by atoms with E-state index in [1.807, 2.05) is 11.1 Å². The Morgan fingerprint density at radius 3 is 1.26 bits per heavy atom. The Labute approximate surface area is 259 Å². The molecule has 0 aromatic rings. The maximum absolute atomic E-state index is 7.32. The van der Waals surface area contributed by atoms with Crippen LogP contribution >= 0.6 is 0 Å². The summed E-state index contributed by atoms with van der Waals surface area (Å²) in [5, 5.41) is 0.466. The minimum Gasteiger partial charge on any atom is -1.00 e. The molecule has 0 saturated carbocycles. The summed E-state index contributed by atoms with van der Waals surface area (Å²) in [6.07, 6.45) is 15.8. The third kappa shape index (κ3) is 6.11. The average molecular weight is 689 g/mol. The molecule has 5 aliphatic rings. The molecule has 0 aromatic carbocycles. The fraction of sp³-hybridized carbons (Fsp3) is 0.750. The molecule has 0 N–H and O–H groups in total. The van der Waals surface area contributed by atoms with Gasteiger partial charge in [-0.15, -0.1) is 0 Å². The van der Waals surface area contributed by atoms with Gasteiger partial charge < -0.3 is 24.8 Å². The molecular formula is C32H54Cl2O2Si2Zr. The van der Waals surface area contributed by atoms with Crippen LogP contribution in [0, 0.1) is 0 Å². The molecule has 2 nitrogen and oxygen atoms in total. The average Bonchev–Trinajstić information content (AvgIpc) is 3.33. The van der Waals surface area contributed by atoms with Crippen molar-refractivity contribution in [3.63, 3.8) is 0 Å². The first-order chi connectivity index (χ1) is 17.1. The van der Waals surface area contributed by atoms with Crippen molar-refractivity contribution >= 4 is 16.6 Å². The van der Waals surface area contributed by atoms with Gasteiger partial charge in [-0.2, -0.15) is 0 Å². The Kier molecular flexibility index (Phi) is 10.0. The predicted molar refractivity (Wildman–Crippen MR) is 161 cm³/mol. The topological polar surface area (TPSA) is 18.5 Å². The van der Waals surface area contributed by atoms with E-state index >= 15 is 0 Å². The zero-order valence-corrected chi connectivity index (χ0v) is 32.4. The molecule has 2 unspecified atom stereocenters. The molecule has 5 rings (SSSR count). The van der Waals surface area contributed by atoms with Gasteiger partial charge >= 0.3 is 236 Å². The van der Waals surface area contributed by atoms with Gasteiger partial charge in [0, 0.05) is 0 Å². The molecular weight excluding hydrogens is 635 g/mol. The monoisotopic (exact) mass is 686 g/mol. The third-order valence-corrected chi connectivity index (χ3v) is 32.9. The van der Waals surface area contributed by atoms with Crippen LogP contribution in [-0.4, -0.2) is 16.6 Å². The molecule has 0 bridgehead atoms. The van der Waals surface area contributed by atoms with Gasteiger partial charge in [-0.05, 0) is 0 Å². The minimum absolute atomic E-state index is 0. The zero-order valence-electron chi connectivity index (χ0n) is 26.5. The molecule has 220 valence electrons. The van der Waals surface area contributed by atoms with E-state index in [0.29, 0.717) is 7.25 Å². The van der Waals surface area contributed by atoms with Gasteiger partial charge in [-0.1, -0.05) is 0 Å². The van der Waals surface area contributed by atoms with Gasteiger partial charge in [0.15, 0.2) is 0 Å². The summed E-state index contributed by atoms with van der Waals surface area (Å²) >= 11 is -2.71. The molecule has 1 saturated heterocycles. The van der Waals surface area contributed by atoms with Gasteiger partial charge in [0.1, 0.15) is 0 Å². The summed E-state index contributed by atoms with van der Waals surface area (Å²) in [7, 11) is -3.79. The molecule has 0 amide bonds. The van der Waals surface area contributed by atoms with Crippen LogP contribution in [-0.2, 0) is 29.1 Å². The van der Waals surface area contributed by atoms with Crippen molar-refractivity contribution in [1.29, 1.82) is 0 Å². The van der Waals surface area contributed by atoms with Crippen molar-refractivity contribution in [2.75, 3.05) is 0 Å². The molecule has 0 aromatic heterocycles. The van der Waals surface area contributed by atoms with Crippen molar-refractivity contribution in [2.24, 2.45) is 0 Å². The Hall–Kier alpha value is 0.457. The fourth-order valence-electron chi connectivity index (χ4n) is 6.97. The van der Waals surface area contributed by atoms with E-state index < -0.39 is 36.9 Å². The normalized spacial score (nSPS) is 25.8. The Morgan fingerprint density at radius 2 is 0.949 bits per heavy atom. The summed E-state index contributed by atoms with van der Waals surface area (Å²) in [5.74, 6) is 2.87. The van der Waals surface area contributed by atoms with Crippen molar-refractivity contribution in [2.45, 2.75) is 145 Å². The quantitative estimate of drug-likeness (QED) is 0.360. The first-order valence-electron chi connectivity index (χ1n) is 15.3. The van der Waals surface area contributed by atoms with Gasteiger partial charge in [0.05, 0.1) is 0 Å². The summed E-state index contributed by atoms with van der Waals surface area (Å²) in [6, 6.07) is 0. The van der Waals surface area contributed by atoms with Crippen LogP contribution in [0.15, 0.2) is 46.0 Å². The van der Waals surface area contributed by atoms with Crippen LogP contribution in [0.1, 0.15) is 92.9 Å². The number of halogens is 2. The predicted octanol–water partition coefficient (Wildman–Crippen LogP) is 5.16. The van der Waals surface area contributed by atoms with Crippen molar-refractivity contribution in [1.82, 2.24) is 0 Å². The largest absolute Gasteiger partial charge is 1.00 e. The van der Waals surface area contributed by atoms with Crippen LogP contribution in [0.2, 0.25) is 51.8 Å². The van der Waals surface area contributed by atoms with E-state index in [0.717, 1.165) is 0 Å². The Bertz CT molecular complexity index is 1000. The number of allylic oxidation sites excluding steroid dienone is 6. The van der Waals surface area contributed by atoms with Gasteiger partial charge in [-0.25, -0.2) is 0 Å². The van der Waals surface area contributed by atoms with Crippen molar-refractivity contribution in [3.05, 3.63) is 46.0 Å². The maximum atomic E-state index is 7.32. The first-order valence-corrected chi connectivity index (χ1v) is 27.5. The molecule has 4 aliphatic carbocycles. The number of hydrogen-bond acceptors (Lipinski definition) is 2. The summed E-state index contributed by atoms with van der Waals surface area (Å²) in [4.78, 5) is 0. The molecule has 1 fully saturated rings. The SMILES string of the molecule is CC(C)(C)[Si](C)(C)OC1=CC2=C(CCCC2)[CH]1[Zr+2]1([CH]2C(O[Si](C)(C)C(C)(C)C)=CC3=C2CCCC3)[CH2][CH2]1.[Cl-].[Cl-]. The summed E-state index contributed by atoms with van der Waals surface area (Å²) in [6.45, 7) is 24.2. The molecule has 7 heteroatoms. The zero-order chi connectivity index (χ0) is 27.0. The Balaban J connectivity index is 0.00000210. The molecule has 2 atom stereocenters. The van der Waals surface area contributed by atoms with Gasteiger partial charge in [0.25, 0.3) is 0 Å². The second-order valence-corrected chi connectivity index (χ2v) is 36.7. The molecule has 1 aliphatic heterocycles. The standard InChI is InChI=1S/2C15H25OSi.C2H4.2ClH.Zr/c2*1-15(2,3)17(4,5)16-14-10-12-8-6-7-9-13(12)11-14;1-2;;;/h2*10-11H,6-9H2,1-5H3;1-2H2;2*1H;/q;;;;;+2/p-2. The van der Waals surface area contributed by atoms with Crippen LogP contribution in [0.5, 0.6) is 0 Å². The molecule has 39 heavy (non-hydrogen) atoms. The van der Waals surface area contributed by atoms with E-state index in [9.17, 15) is 0 Å². The maximum Gasteiger partial charge on any atom is -1.00 e. The molecule has 0 spiro atoms. The van der Waals surface area contributed by atoms with E-state index in [4.69, 9.17) is 8.85 Å². The number of hydrogen-bond donors (Lipinski definition) is 0. The van der Waals surface area contributed by atoms with Gasteiger partial charge in [0.2, 0.25) is 0 Å². The Morgan fingerprint density at radius 1 is 0.615 bits per heavy atom. The van der Waals surface area contributed by atoms with E-state index in [1.165, 1.54) is 71.1 Å². The second-order valence-electron chi connectivity index (χ2n) is 15.9. The third-order valence-electron chi connectivity index (χ3n) is 11.3. The minimum atomic E-state index is -2.71. The fourth-order valence-corrected chi connectivity index (χ4v) is 26.8. The van der Waals surface area contributed by atoms with Gasteiger partial charge in [-0.3, -0.25) is 0 Å². The van der Waals surface area contributed by atoms with E-state index in [1.54, 1.807) is 11.1 Å².